The van der Waals surface area contributed by atoms with Crippen LogP contribution in [0.4, 0.5) is 0 Å². The Bertz CT molecular complexity index is 700. The van der Waals surface area contributed by atoms with Gasteiger partial charge in [0.05, 0.1) is 0 Å². The highest BCUT2D eigenvalue weighted by Crippen LogP contribution is 2.32. The highest BCUT2D eigenvalue weighted by Gasteiger charge is 2.31. The Morgan fingerprint density at radius 2 is 1.63 bits per heavy atom. The van der Waals surface area contributed by atoms with Crippen molar-refractivity contribution < 1.29 is 0 Å². The second-order valence-electron chi connectivity index (χ2n) is 7.84. The van der Waals surface area contributed by atoms with Crippen LogP contribution in [-0.4, -0.2) is 57.2 Å². The Morgan fingerprint density at radius 1 is 0.926 bits per heavy atom. The summed E-state index contributed by atoms with van der Waals surface area (Å²) in [6.45, 7) is 6.93. The molecular formula is C21H29N5S. The van der Waals surface area contributed by atoms with E-state index in [1.54, 1.807) is 11.8 Å². The first-order valence-electron chi connectivity index (χ1n) is 9.98. The molecule has 2 saturated heterocycles. The number of piperidine rings is 1. The summed E-state index contributed by atoms with van der Waals surface area (Å²) in [6, 6.07) is 4.22. The molecule has 5 nitrogen and oxygen atoms in total. The molecule has 27 heavy (non-hydrogen) atoms. The van der Waals surface area contributed by atoms with Gasteiger partial charge in [0, 0.05) is 50.0 Å². The molecule has 0 saturated carbocycles. The zero-order valence-corrected chi connectivity index (χ0v) is 16.9. The molecule has 0 radical (unpaired) electrons. The number of nitrogens with zero attached hydrogens (tertiary/aromatic N) is 5. The van der Waals surface area contributed by atoms with E-state index >= 15 is 0 Å². The second kappa shape index (κ2) is 9.13. The standard InChI is InChI=1S/C21H29N5S/c1-27-21-23-12-18(13-24-21)15-26-10-6-20(16-26)19-4-8-25(9-5-19)14-17-3-2-7-22-11-17/h2-3,7,11-13,19-20H,4-6,8-10,14-16H2,1H3. The van der Waals surface area contributed by atoms with Gasteiger partial charge in [0.1, 0.15) is 0 Å². The van der Waals surface area contributed by atoms with E-state index in [0.29, 0.717) is 0 Å². The lowest BCUT2D eigenvalue weighted by Gasteiger charge is -2.34. The Kier molecular flexibility index (Phi) is 6.37. The van der Waals surface area contributed by atoms with E-state index in [4.69, 9.17) is 0 Å². The fourth-order valence-corrected chi connectivity index (χ4v) is 4.83. The van der Waals surface area contributed by atoms with E-state index in [2.05, 4.69) is 30.8 Å². The van der Waals surface area contributed by atoms with Crippen LogP contribution in [0.1, 0.15) is 30.4 Å². The van der Waals surface area contributed by atoms with Crippen LogP contribution in [0.25, 0.3) is 0 Å². The van der Waals surface area contributed by atoms with E-state index in [1.807, 2.05) is 37.1 Å². The molecule has 2 aromatic heterocycles. The summed E-state index contributed by atoms with van der Waals surface area (Å²) in [7, 11) is 0. The molecule has 2 aromatic rings. The fourth-order valence-electron chi connectivity index (χ4n) is 4.51. The Labute approximate surface area is 166 Å². The molecule has 4 heterocycles. The lowest BCUT2D eigenvalue weighted by molar-refractivity contribution is 0.141. The lowest BCUT2D eigenvalue weighted by atomic mass is 9.83. The van der Waals surface area contributed by atoms with Gasteiger partial charge in [-0.05, 0) is 68.6 Å². The van der Waals surface area contributed by atoms with Gasteiger partial charge in [-0.1, -0.05) is 17.8 Å². The second-order valence-corrected chi connectivity index (χ2v) is 8.61. The van der Waals surface area contributed by atoms with Crippen molar-refractivity contribution in [3.63, 3.8) is 0 Å². The fraction of sp³-hybridized carbons (Fsp3) is 0.571. The number of rotatable bonds is 6. The largest absolute Gasteiger partial charge is 0.299 e. The van der Waals surface area contributed by atoms with Crippen LogP contribution in [0.3, 0.4) is 0 Å². The molecule has 0 amide bonds. The monoisotopic (exact) mass is 383 g/mol. The van der Waals surface area contributed by atoms with E-state index in [-0.39, 0.29) is 0 Å². The van der Waals surface area contributed by atoms with E-state index < -0.39 is 0 Å². The van der Waals surface area contributed by atoms with Crippen LogP contribution < -0.4 is 0 Å². The van der Waals surface area contributed by atoms with Crippen molar-refractivity contribution in [2.45, 2.75) is 37.5 Å². The van der Waals surface area contributed by atoms with Crippen molar-refractivity contribution in [2.75, 3.05) is 32.4 Å². The summed E-state index contributed by atoms with van der Waals surface area (Å²) >= 11 is 1.60. The maximum Gasteiger partial charge on any atom is 0.187 e. The van der Waals surface area contributed by atoms with Gasteiger partial charge in [-0.2, -0.15) is 0 Å². The first kappa shape index (κ1) is 18.8. The van der Waals surface area contributed by atoms with Gasteiger partial charge in [0.2, 0.25) is 0 Å². The van der Waals surface area contributed by atoms with Gasteiger partial charge in [0.15, 0.2) is 5.16 Å². The lowest BCUT2D eigenvalue weighted by Crippen LogP contribution is -2.36. The molecule has 1 unspecified atom stereocenters. The van der Waals surface area contributed by atoms with Crippen LogP contribution in [0.15, 0.2) is 42.1 Å². The first-order chi connectivity index (χ1) is 13.3. The average Bonchev–Trinajstić information content (AvgIpc) is 3.18. The third-order valence-corrected chi connectivity index (χ3v) is 6.58. The zero-order valence-electron chi connectivity index (χ0n) is 16.1. The maximum atomic E-state index is 4.41. The summed E-state index contributed by atoms with van der Waals surface area (Å²) in [6.07, 6.45) is 13.9. The molecule has 1 atom stereocenters. The molecule has 2 aliphatic rings. The van der Waals surface area contributed by atoms with Gasteiger partial charge >= 0.3 is 0 Å². The van der Waals surface area contributed by atoms with Gasteiger partial charge < -0.3 is 0 Å². The first-order valence-corrected chi connectivity index (χ1v) is 11.2. The number of aromatic nitrogens is 3. The molecule has 0 spiro atoms. The topological polar surface area (TPSA) is 45.2 Å². The van der Waals surface area contributed by atoms with Crippen LogP contribution >= 0.6 is 11.8 Å². The molecule has 2 fully saturated rings. The van der Waals surface area contributed by atoms with Gasteiger partial charge in [-0.3, -0.25) is 14.8 Å². The third-order valence-electron chi connectivity index (χ3n) is 6.01. The molecule has 0 bridgehead atoms. The van der Waals surface area contributed by atoms with Crippen molar-refractivity contribution >= 4 is 11.8 Å². The zero-order chi connectivity index (χ0) is 18.5. The maximum absolute atomic E-state index is 4.41. The number of likely N-dealkylation sites (tertiary alicyclic amines) is 2. The third kappa shape index (κ3) is 5.06. The number of hydrogen-bond acceptors (Lipinski definition) is 6. The van der Waals surface area contributed by atoms with Crippen LogP contribution in [-0.2, 0) is 13.1 Å². The molecule has 4 rings (SSSR count). The van der Waals surface area contributed by atoms with Crippen LogP contribution in [0.2, 0.25) is 0 Å². The Balaban J connectivity index is 1.22. The van der Waals surface area contributed by atoms with Crippen molar-refractivity contribution in [1.29, 1.82) is 0 Å². The molecule has 144 valence electrons. The average molecular weight is 384 g/mol. The molecule has 6 heteroatoms. The smallest absolute Gasteiger partial charge is 0.187 e. The van der Waals surface area contributed by atoms with Gasteiger partial charge in [0.25, 0.3) is 0 Å². The molecule has 0 aliphatic carbocycles. The molecule has 0 aromatic carbocycles. The Morgan fingerprint density at radius 3 is 2.33 bits per heavy atom. The van der Waals surface area contributed by atoms with Crippen molar-refractivity contribution in [3.8, 4) is 0 Å². The minimum Gasteiger partial charge on any atom is -0.299 e. The summed E-state index contributed by atoms with van der Waals surface area (Å²) in [5.41, 5.74) is 2.57. The van der Waals surface area contributed by atoms with Gasteiger partial charge in [-0.25, -0.2) is 9.97 Å². The van der Waals surface area contributed by atoms with Crippen molar-refractivity contribution in [3.05, 3.63) is 48.0 Å². The minimum absolute atomic E-state index is 0.857. The minimum atomic E-state index is 0.857. The van der Waals surface area contributed by atoms with E-state index in [0.717, 1.165) is 30.1 Å². The summed E-state index contributed by atoms with van der Waals surface area (Å²) < 4.78 is 0. The van der Waals surface area contributed by atoms with Crippen molar-refractivity contribution in [1.82, 2.24) is 24.8 Å². The van der Waals surface area contributed by atoms with E-state index in [9.17, 15) is 0 Å². The molecular weight excluding hydrogens is 354 g/mol. The predicted octanol–water partition coefficient (Wildman–Crippen LogP) is 3.33. The number of thioether (sulfide) groups is 1. The van der Waals surface area contributed by atoms with Crippen LogP contribution in [0.5, 0.6) is 0 Å². The van der Waals surface area contributed by atoms with Crippen LogP contribution in [0, 0.1) is 11.8 Å². The predicted molar refractivity (Wildman–Crippen MR) is 109 cm³/mol. The van der Waals surface area contributed by atoms with E-state index in [1.165, 1.54) is 56.6 Å². The highest BCUT2D eigenvalue weighted by atomic mass is 32.2. The summed E-state index contributed by atoms with van der Waals surface area (Å²) in [5, 5.41) is 0.857. The number of hydrogen-bond donors (Lipinski definition) is 0. The Hall–Kier alpha value is -1.50. The van der Waals surface area contributed by atoms with Crippen molar-refractivity contribution in [2.24, 2.45) is 11.8 Å². The van der Waals surface area contributed by atoms with Gasteiger partial charge in [-0.15, -0.1) is 0 Å². The molecule has 2 aliphatic heterocycles. The molecule has 0 N–H and O–H groups in total. The number of pyridine rings is 1. The highest BCUT2D eigenvalue weighted by molar-refractivity contribution is 7.98. The summed E-state index contributed by atoms with van der Waals surface area (Å²) in [5.74, 6) is 1.74. The SMILES string of the molecule is CSc1ncc(CN2CCC(C3CCN(Cc4cccnc4)CC3)C2)cn1. The quantitative estimate of drug-likeness (QED) is 0.563. The summed E-state index contributed by atoms with van der Waals surface area (Å²) in [4.78, 5) is 18.2. The normalized spacial score (nSPS) is 22.3.